The van der Waals surface area contributed by atoms with E-state index in [2.05, 4.69) is 0 Å². The Morgan fingerprint density at radius 3 is 2.19 bits per heavy atom. The van der Waals surface area contributed by atoms with E-state index in [1.54, 1.807) is 12.1 Å². The lowest BCUT2D eigenvalue weighted by Gasteiger charge is -2.26. The lowest BCUT2D eigenvalue weighted by Crippen LogP contribution is -2.30. The van der Waals surface area contributed by atoms with Gasteiger partial charge < -0.3 is 14.4 Å². The van der Waals surface area contributed by atoms with Gasteiger partial charge in [0.1, 0.15) is 17.6 Å². The van der Waals surface area contributed by atoms with Gasteiger partial charge in [0.05, 0.1) is 23.1 Å². The molecule has 1 aromatic heterocycles. The topological polar surface area (TPSA) is 77.8 Å². The molecule has 0 saturated heterocycles. The van der Waals surface area contributed by atoms with Crippen molar-refractivity contribution >= 4 is 21.0 Å². The van der Waals surface area contributed by atoms with Crippen LogP contribution in [-0.2, 0) is 14.3 Å². The van der Waals surface area contributed by atoms with Gasteiger partial charge in [0.15, 0.2) is 0 Å². The van der Waals surface area contributed by atoms with Gasteiger partial charge in [-0.1, -0.05) is 72.3 Å². The highest BCUT2D eigenvalue weighted by molar-refractivity contribution is 7.86. The number of aryl methyl sites for hydroxylation is 1. The normalized spacial score (nSPS) is 13.4. The number of ether oxygens (including phenoxy) is 1. The number of para-hydroxylation sites is 1. The van der Waals surface area contributed by atoms with Crippen molar-refractivity contribution in [1.29, 1.82) is 0 Å². The van der Waals surface area contributed by atoms with Crippen LogP contribution in [0.5, 0.6) is 11.5 Å². The summed E-state index contributed by atoms with van der Waals surface area (Å²) >= 11 is 0. The van der Waals surface area contributed by atoms with Gasteiger partial charge in [0.25, 0.3) is 10.1 Å². The van der Waals surface area contributed by atoms with Gasteiger partial charge in [-0.15, -0.1) is 0 Å². The molecule has 0 aliphatic heterocycles. The second-order valence-corrected chi connectivity index (χ2v) is 10.4. The standard InChI is InChI=1S/C30H27NO5S/c1-22-15-17-25(18-16-22)37(33,34)35-21-28(32)30(23-9-4-2-5-10-23)31-20-19-26-27(31)13-8-14-29(26)36-24-11-6-3-7-12-24/h2-20,28,30,32H,21H2,1H3. The van der Waals surface area contributed by atoms with Crippen LogP contribution in [0.3, 0.4) is 0 Å². The molecule has 0 saturated carbocycles. The van der Waals surface area contributed by atoms with E-state index >= 15 is 0 Å². The van der Waals surface area contributed by atoms with Crippen molar-refractivity contribution in [3.63, 3.8) is 0 Å². The average molecular weight is 514 g/mol. The molecule has 0 bridgehead atoms. The highest BCUT2D eigenvalue weighted by Gasteiger charge is 2.27. The summed E-state index contributed by atoms with van der Waals surface area (Å²) in [6, 6.07) is 32.5. The number of hydrogen-bond acceptors (Lipinski definition) is 5. The Labute approximate surface area is 216 Å². The number of fused-ring (bicyclic) bond motifs is 1. The second-order valence-electron chi connectivity index (χ2n) is 8.80. The lowest BCUT2D eigenvalue weighted by molar-refractivity contribution is 0.0785. The SMILES string of the molecule is Cc1ccc(S(=O)(=O)OCC(O)C(c2ccccc2)n2ccc3c(Oc4ccccc4)cccc32)cc1. The van der Waals surface area contributed by atoms with Crippen molar-refractivity contribution in [2.75, 3.05) is 6.61 Å². The van der Waals surface area contributed by atoms with Crippen LogP contribution in [0, 0.1) is 6.92 Å². The van der Waals surface area contributed by atoms with Crippen LogP contribution in [0.1, 0.15) is 17.2 Å². The first-order valence-electron chi connectivity index (χ1n) is 11.9. The molecule has 188 valence electrons. The molecule has 7 heteroatoms. The van der Waals surface area contributed by atoms with E-state index in [9.17, 15) is 13.5 Å². The number of benzene rings is 4. The summed E-state index contributed by atoms with van der Waals surface area (Å²) in [7, 11) is -4.03. The molecular weight excluding hydrogens is 486 g/mol. The van der Waals surface area contributed by atoms with E-state index in [-0.39, 0.29) is 4.90 Å². The average Bonchev–Trinajstić information content (AvgIpc) is 3.34. The third kappa shape index (κ3) is 5.44. The summed E-state index contributed by atoms with van der Waals surface area (Å²) in [4.78, 5) is 0.0516. The summed E-state index contributed by atoms with van der Waals surface area (Å²) in [6.07, 6.45) is 0.717. The molecule has 5 aromatic rings. The molecule has 0 spiro atoms. The fraction of sp³-hybridized carbons (Fsp3) is 0.133. The Morgan fingerprint density at radius 2 is 1.49 bits per heavy atom. The fourth-order valence-corrected chi connectivity index (χ4v) is 5.27. The number of nitrogens with zero attached hydrogens (tertiary/aromatic N) is 1. The smallest absolute Gasteiger partial charge is 0.297 e. The summed E-state index contributed by atoms with van der Waals surface area (Å²) < 4.78 is 38.9. The Morgan fingerprint density at radius 1 is 0.811 bits per heavy atom. The zero-order valence-corrected chi connectivity index (χ0v) is 21.1. The summed E-state index contributed by atoms with van der Waals surface area (Å²) in [5, 5.41) is 12.2. The molecule has 4 aromatic carbocycles. The van der Waals surface area contributed by atoms with E-state index < -0.39 is 28.9 Å². The van der Waals surface area contributed by atoms with Crippen molar-refractivity contribution < 1.29 is 22.4 Å². The molecule has 37 heavy (non-hydrogen) atoms. The zero-order valence-electron chi connectivity index (χ0n) is 20.3. The van der Waals surface area contributed by atoms with Gasteiger partial charge in [-0.05, 0) is 55.0 Å². The minimum absolute atomic E-state index is 0.0516. The molecule has 0 aliphatic carbocycles. The Kier molecular flexibility index (Phi) is 7.10. The van der Waals surface area contributed by atoms with Crippen molar-refractivity contribution in [3.8, 4) is 11.5 Å². The number of aromatic nitrogens is 1. The highest BCUT2D eigenvalue weighted by atomic mass is 32.2. The first-order chi connectivity index (χ1) is 17.9. The van der Waals surface area contributed by atoms with Gasteiger partial charge >= 0.3 is 0 Å². The number of aliphatic hydroxyl groups is 1. The van der Waals surface area contributed by atoms with Crippen molar-refractivity contribution in [2.24, 2.45) is 0 Å². The second kappa shape index (κ2) is 10.6. The van der Waals surface area contributed by atoms with Gasteiger partial charge in [0, 0.05) is 11.6 Å². The molecule has 0 aliphatic rings. The number of hydrogen-bond donors (Lipinski definition) is 1. The predicted molar refractivity (Wildman–Crippen MR) is 143 cm³/mol. The van der Waals surface area contributed by atoms with Crippen molar-refractivity contribution in [1.82, 2.24) is 4.57 Å². The fourth-order valence-electron chi connectivity index (χ4n) is 4.35. The quantitative estimate of drug-likeness (QED) is 0.241. The van der Waals surface area contributed by atoms with Gasteiger partial charge in [0.2, 0.25) is 0 Å². The third-order valence-electron chi connectivity index (χ3n) is 6.20. The molecule has 2 unspecified atom stereocenters. The molecule has 1 N–H and O–H groups in total. The van der Waals surface area contributed by atoms with Crippen molar-refractivity contribution in [2.45, 2.75) is 24.0 Å². The lowest BCUT2D eigenvalue weighted by atomic mass is 10.0. The molecule has 2 atom stereocenters. The minimum Gasteiger partial charge on any atom is -0.457 e. The number of rotatable bonds is 9. The maximum absolute atomic E-state index is 12.8. The molecule has 0 fully saturated rings. The van der Waals surface area contributed by atoms with E-state index in [1.165, 1.54) is 12.1 Å². The van der Waals surface area contributed by atoms with E-state index in [1.807, 2.05) is 103 Å². The third-order valence-corrected chi connectivity index (χ3v) is 7.50. The first kappa shape index (κ1) is 24.8. The molecule has 5 rings (SSSR count). The van der Waals surface area contributed by atoms with Crippen LogP contribution in [0.4, 0.5) is 0 Å². The van der Waals surface area contributed by atoms with E-state index in [4.69, 9.17) is 8.92 Å². The van der Waals surface area contributed by atoms with Crippen LogP contribution < -0.4 is 4.74 Å². The van der Waals surface area contributed by atoms with Crippen LogP contribution >= 0.6 is 0 Å². The monoisotopic (exact) mass is 513 g/mol. The van der Waals surface area contributed by atoms with Gasteiger partial charge in [-0.3, -0.25) is 4.18 Å². The predicted octanol–water partition coefficient (Wildman–Crippen LogP) is 6.10. The molecule has 6 nitrogen and oxygen atoms in total. The van der Waals surface area contributed by atoms with E-state index in [0.717, 1.165) is 27.8 Å². The molecule has 0 amide bonds. The zero-order chi connectivity index (χ0) is 25.8. The first-order valence-corrected chi connectivity index (χ1v) is 13.3. The minimum atomic E-state index is -4.03. The van der Waals surface area contributed by atoms with Crippen LogP contribution in [-0.4, -0.2) is 30.8 Å². The maximum Gasteiger partial charge on any atom is 0.297 e. The van der Waals surface area contributed by atoms with Crippen LogP contribution in [0.25, 0.3) is 10.9 Å². The Hall–Kier alpha value is -3.91. The van der Waals surface area contributed by atoms with Crippen LogP contribution in [0.2, 0.25) is 0 Å². The largest absolute Gasteiger partial charge is 0.457 e. The maximum atomic E-state index is 12.8. The van der Waals surface area contributed by atoms with Crippen molar-refractivity contribution in [3.05, 3.63) is 127 Å². The summed E-state index contributed by atoms with van der Waals surface area (Å²) in [5.74, 6) is 1.40. The van der Waals surface area contributed by atoms with Gasteiger partial charge in [-0.2, -0.15) is 8.42 Å². The summed E-state index contributed by atoms with van der Waals surface area (Å²) in [6.45, 7) is 1.47. The van der Waals surface area contributed by atoms with Crippen LogP contribution in [0.15, 0.2) is 120 Å². The summed E-state index contributed by atoms with van der Waals surface area (Å²) in [5.41, 5.74) is 2.60. The van der Waals surface area contributed by atoms with Gasteiger partial charge in [-0.25, -0.2) is 0 Å². The Bertz CT molecular complexity index is 1580. The molecular formula is C30H27NO5S. The number of aliphatic hydroxyl groups excluding tert-OH is 1. The molecule has 1 heterocycles. The highest BCUT2D eigenvalue weighted by Crippen LogP contribution is 2.34. The Balaban J connectivity index is 1.47. The van der Waals surface area contributed by atoms with E-state index in [0.29, 0.717) is 5.75 Å². The molecule has 0 radical (unpaired) electrons.